The molecule has 0 unspecified atom stereocenters. The lowest BCUT2D eigenvalue weighted by Crippen LogP contribution is -2.45. The topological polar surface area (TPSA) is 105 Å². The second-order valence-electron chi connectivity index (χ2n) is 6.63. The van der Waals surface area contributed by atoms with Crippen LogP contribution in [0.4, 0.5) is 0 Å². The first kappa shape index (κ1) is 19.2. The van der Waals surface area contributed by atoms with E-state index in [2.05, 4.69) is 10.9 Å². The van der Waals surface area contributed by atoms with Crippen LogP contribution >= 0.6 is 0 Å². The number of rotatable bonds is 5. The Kier molecular flexibility index (Phi) is 5.95. The summed E-state index contributed by atoms with van der Waals surface area (Å²) in [7, 11) is -3.62. The zero-order chi connectivity index (χ0) is 19.3. The molecule has 1 fully saturated rings. The summed E-state index contributed by atoms with van der Waals surface area (Å²) in [6.07, 6.45) is 6.01. The minimum absolute atomic E-state index is 0.103. The van der Waals surface area contributed by atoms with Gasteiger partial charge in [-0.1, -0.05) is 37.5 Å². The fourth-order valence-corrected chi connectivity index (χ4v) is 4.58. The minimum Gasteiger partial charge on any atom is -0.459 e. The lowest BCUT2D eigenvalue weighted by Gasteiger charge is -2.20. The molecule has 1 aliphatic carbocycles. The number of hydrogen-bond acceptors (Lipinski definition) is 5. The van der Waals surface area contributed by atoms with E-state index in [4.69, 9.17) is 4.42 Å². The molecule has 0 atom stereocenters. The molecule has 1 aliphatic rings. The van der Waals surface area contributed by atoms with Crippen LogP contribution in [0.25, 0.3) is 0 Å². The molecule has 1 aromatic carbocycles. The number of hydrazine groups is 1. The van der Waals surface area contributed by atoms with Gasteiger partial charge in [-0.3, -0.25) is 20.4 Å². The highest BCUT2D eigenvalue weighted by molar-refractivity contribution is 7.90. The van der Waals surface area contributed by atoms with E-state index < -0.39 is 15.7 Å². The smallest absolute Gasteiger partial charge is 0.305 e. The molecule has 0 spiro atoms. The summed E-state index contributed by atoms with van der Waals surface area (Å²) in [5, 5.41) is 0. The van der Waals surface area contributed by atoms with Crippen molar-refractivity contribution in [2.45, 2.75) is 42.8 Å². The van der Waals surface area contributed by atoms with E-state index in [1.807, 2.05) is 0 Å². The summed E-state index contributed by atoms with van der Waals surface area (Å²) in [6.45, 7) is 0. The Bertz CT molecular complexity index is 899. The Morgan fingerprint density at radius 1 is 1.00 bits per heavy atom. The third kappa shape index (κ3) is 4.77. The summed E-state index contributed by atoms with van der Waals surface area (Å²) < 4.78 is 30.2. The second-order valence-corrected chi connectivity index (χ2v) is 8.61. The standard InChI is InChI=1S/C19H22N2O5S/c22-18(14-7-3-1-4-8-14)20-21-19(23)17-15(11-12-26-17)13-27(24,25)16-9-5-2-6-10-16/h2,5-6,9-12,14H,1,3-4,7-8,13H2,(H,20,22)(H,21,23). The molecule has 2 aromatic rings. The molecule has 0 radical (unpaired) electrons. The third-order valence-electron chi connectivity index (χ3n) is 4.68. The lowest BCUT2D eigenvalue weighted by molar-refractivity contribution is -0.126. The van der Waals surface area contributed by atoms with Gasteiger partial charge in [-0.15, -0.1) is 0 Å². The number of furan rings is 1. The van der Waals surface area contributed by atoms with Gasteiger partial charge in [0.05, 0.1) is 16.9 Å². The Balaban J connectivity index is 1.64. The largest absolute Gasteiger partial charge is 0.459 e. The predicted octanol–water partition coefficient (Wildman–Crippen LogP) is 2.59. The number of sulfone groups is 1. The average Bonchev–Trinajstić information content (AvgIpc) is 3.14. The Labute approximate surface area is 158 Å². The number of carbonyl (C=O) groups excluding carboxylic acids is 2. The number of amides is 2. The zero-order valence-electron chi connectivity index (χ0n) is 14.8. The van der Waals surface area contributed by atoms with Crippen molar-refractivity contribution >= 4 is 21.7 Å². The molecule has 8 heteroatoms. The van der Waals surface area contributed by atoms with Gasteiger partial charge in [0.25, 0.3) is 0 Å². The molecule has 1 saturated carbocycles. The Hall–Kier alpha value is -2.61. The number of nitrogens with one attached hydrogen (secondary N) is 2. The quantitative estimate of drug-likeness (QED) is 0.764. The summed E-state index contributed by atoms with van der Waals surface area (Å²) in [5.41, 5.74) is 4.97. The Morgan fingerprint density at radius 3 is 2.41 bits per heavy atom. The first-order chi connectivity index (χ1) is 13.0. The highest BCUT2D eigenvalue weighted by Gasteiger charge is 2.24. The fourth-order valence-electron chi connectivity index (χ4n) is 3.21. The molecule has 0 aliphatic heterocycles. The van der Waals surface area contributed by atoms with Crippen LogP contribution in [0.3, 0.4) is 0 Å². The van der Waals surface area contributed by atoms with Crippen LogP contribution in [0.1, 0.15) is 48.2 Å². The first-order valence-corrected chi connectivity index (χ1v) is 10.6. The van der Waals surface area contributed by atoms with Crippen LogP contribution in [0.2, 0.25) is 0 Å². The predicted molar refractivity (Wildman–Crippen MR) is 98.2 cm³/mol. The average molecular weight is 390 g/mol. The van der Waals surface area contributed by atoms with Gasteiger partial charge in [-0.2, -0.15) is 0 Å². The molecular weight excluding hydrogens is 368 g/mol. The van der Waals surface area contributed by atoms with E-state index in [1.165, 1.54) is 24.5 Å². The van der Waals surface area contributed by atoms with Crippen LogP contribution in [0.5, 0.6) is 0 Å². The Morgan fingerprint density at radius 2 is 1.70 bits per heavy atom. The molecule has 0 saturated heterocycles. The van der Waals surface area contributed by atoms with E-state index in [-0.39, 0.29) is 33.8 Å². The van der Waals surface area contributed by atoms with Crippen LogP contribution in [0.15, 0.2) is 52.0 Å². The molecule has 1 heterocycles. The van der Waals surface area contributed by atoms with E-state index in [9.17, 15) is 18.0 Å². The van der Waals surface area contributed by atoms with Crippen molar-refractivity contribution in [2.24, 2.45) is 5.92 Å². The second kappa shape index (κ2) is 8.39. The molecule has 7 nitrogen and oxygen atoms in total. The maximum absolute atomic E-state index is 12.5. The van der Waals surface area contributed by atoms with Gasteiger partial charge < -0.3 is 4.42 Å². The molecule has 3 rings (SSSR count). The normalized spacial score (nSPS) is 15.3. The van der Waals surface area contributed by atoms with Crippen LogP contribution in [-0.4, -0.2) is 20.2 Å². The van der Waals surface area contributed by atoms with Gasteiger partial charge in [0.1, 0.15) is 0 Å². The highest BCUT2D eigenvalue weighted by Crippen LogP contribution is 2.23. The molecule has 1 aromatic heterocycles. The maximum Gasteiger partial charge on any atom is 0.305 e. The molecule has 144 valence electrons. The zero-order valence-corrected chi connectivity index (χ0v) is 15.6. The maximum atomic E-state index is 12.5. The van der Waals surface area contributed by atoms with Crippen LogP contribution in [0, 0.1) is 5.92 Å². The monoisotopic (exact) mass is 390 g/mol. The summed E-state index contributed by atoms with van der Waals surface area (Å²) >= 11 is 0. The summed E-state index contributed by atoms with van der Waals surface area (Å²) in [4.78, 5) is 24.6. The van der Waals surface area contributed by atoms with Gasteiger partial charge in [0.15, 0.2) is 15.6 Å². The molecule has 27 heavy (non-hydrogen) atoms. The SMILES string of the molecule is O=C(NNC(=O)C1CCCCC1)c1occc1CS(=O)(=O)c1ccccc1. The van der Waals surface area contributed by atoms with Gasteiger partial charge >= 0.3 is 5.91 Å². The summed E-state index contributed by atoms with van der Waals surface area (Å²) in [6, 6.07) is 9.44. The van der Waals surface area contributed by atoms with Crippen molar-refractivity contribution in [3.05, 3.63) is 54.0 Å². The molecule has 2 N–H and O–H groups in total. The fraction of sp³-hybridized carbons (Fsp3) is 0.368. The van der Waals surface area contributed by atoms with Crippen LogP contribution < -0.4 is 10.9 Å². The molecule has 2 amide bonds. The van der Waals surface area contributed by atoms with Gasteiger partial charge in [-0.25, -0.2) is 8.42 Å². The number of benzene rings is 1. The van der Waals surface area contributed by atoms with Crippen molar-refractivity contribution < 1.29 is 22.4 Å². The van der Waals surface area contributed by atoms with E-state index in [0.717, 1.165) is 32.1 Å². The first-order valence-electron chi connectivity index (χ1n) is 8.92. The van der Waals surface area contributed by atoms with Gasteiger partial charge in [0, 0.05) is 11.5 Å². The summed E-state index contributed by atoms with van der Waals surface area (Å²) in [5.74, 6) is -1.50. The highest BCUT2D eigenvalue weighted by atomic mass is 32.2. The van der Waals surface area contributed by atoms with Crippen molar-refractivity contribution in [3.63, 3.8) is 0 Å². The van der Waals surface area contributed by atoms with Crippen molar-refractivity contribution in [3.8, 4) is 0 Å². The number of hydrogen-bond donors (Lipinski definition) is 2. The van der Waals surface area contributed by atoms with E-state index in [1.54, 1.807) is 18.2 Å². The van der Waals surface area contributed by atoms with Crippen molar-refractivity contribution in [1.82, 2.24) is 10.9 Å². The number of carbonyl (C=O) groups is 2. The lowest BCUT2D eigenvalue weighted by atomic mass is 9.89. The van der Waals surface area contributed by atoms with Gasteiger partial charge in [-0.05, 0) is 31.0 Å². The van der Waals surface area contributed by atoms with Gasteiger partial charge in [0.2, 0.25) is 5.91 Å². The van der Waals surface area contributed by atoms with E-state index >= 15 is 0 Å². The van der Waals surface area contributed by atoms with Crippen LogP contribution in [-0.2, 0) is 20.4 Å². The molecule has 0 bridgehead atoms. The van der Waals surface area contributed by atoms with E-state index in [0.29, 0.717) is 0 Å². The van der Waals surface area contributed by atoms with Crippen molar-refractivity contribution in [1.29, 1.82) is 0 Å². The van der Waals surface area contributed by atoms with Crippen molar-refractivity contribution in [2.75, 3.05) is 0 Å². The third-order valence-corrected chi connectivity index (χ3v) is 6.36. The minimum atomic E-state index is -3.62. The molecular formula is C19H22N2O5S.